The molecule has 0 saturated carbocycles. The van der Waals surface area contributed by atoms with Crippen LogP contribution in [0.5, 0.6) is 5.75 Å². The Morgan fingerprint density at radius 3 is 2.33 bits per heavy atom. The number of hydrogen-bond donors (Lipinski definition) is 3. The standard InChI is InChI=1S/C18H21ClN2O6/c1-8-5-10(6-9(2)16(8)19)26-7-13(22)20-21-17(23)14-11-3-4-12(27-11)15(14)18(24)25/h5-6,11-12,14-15H,3-4,7H2,1-2H3,(H,20,22)(H,21,23)(H,24,25)/t11-,12+,14+,15+/m1/s1. The van der Waals surface area contributed by atoms with E-state index in [2.05, 4.69) is 10.9 Å². The van der Waals surface area contributed by atoms with E-state index in [9.17, 15) is 19.5 Å². The van der Waals surface area contributed by atoms with Gasteiger partial charge in [0.05, 0.1) is 24.0 Å². The normalized spacial score (nSPS) is 25.9. The Hall–Kier alpha value is -2.32. The van der Waals surface area contributed by atoms with Gasteiger partial charge >= 0.3 is 5.97 Å². The van der Waals surface area contributed by atoms with Crippen LogP contribution in [0.3, 0.4) is 0 Å². The van der Waals surface area contributed by atoms with Gasteiger partial charge < -0.3 is 14.6 Å². The van der Waals surface area contributed by atoms with Gasteiger partial charge in [-0.1, -0.05) is 11.6 Å². The summed E-state index contributed by atoms with van der Waals surface area (Å²) >= 11 is 6.09. The molecule has 2 heterocycles. The lowest BCUT2D eigenvalue weighted by atomic mass is 9.79. The summed E-state index contributed by atoms with van der Waals surface area (Å²) in [6.45, 7) is 3.36. The van der Waals surface area contributed by atoms with E-state index < -0.39 is 41.8 Å². The highest BCUT2D eigenvalue weighted by Crippen LogP contribution is 2.43. The molecule has 8 nitrogen and oxygen atoms in total. The second-order valence-electron chi connectivity index (χ2n) is 6.88. The molecule has 3 rings (SSSR count). The summed E-state index contributed by atoms with van der Waals surface area (Å²) in [5.74, 6) is -3.42. The number of hydrogen-bond acceptors (Lipinski definition) is 5. The van der Waals surface area contributed by atoms with Crippen molar-refractivity contribution in [2.45, 2.75) is 38.9 Å². The van der Waals surface area contributed by atoms with E-state index in [0.29, 0.717) is 23.6 Å². The van der Waals surface area contributed by atoms with Crippen LogP contribution < -0.4 is 15.6 Å². The molecule has 2 fully saturated rings. The van der Waals surface area contributed by atoms with Gasteiger partial charge in [0, 0.05) is 5.02 Å². The Bertz CT molecular complexity index is 760. The molecule has 0 aromatic heterocycles. The number of aliphatic carboxylic acids is 1. The zero-order valence-electron chi connectivity index (χ0n) is 15.0. The quantitative estimate of drug-likeness (QED) is 0.647. The van der Waals surface area contributed by atoms with E-state index >= 15 is 0 Å². The van der Waals surface area contributed by atoms with Crippen molar-refractivity contribution in [1.29, 1.82) is 0 Å². The molecular weight excluding hydrogens is 376 g/mol. The molecule has 4 atom stereocenters. The van der Waals surface area contributed by atoms with Crippen molar-refractivity contribution in [1.82, 2.24) is 10.9 Å². The predicted octanol–water partition coefficient (Wildman–Crippen LogP) is 1.36. The Morgan fingerprint density at radius 1 is 1.15 bits per heavy atom. The van der Waals surface area contributed by atoms with Crippen molar-refractivity contribution in [2.75, 3.05) is 6.61 Å². The third-order valence-electron chi connectivity index (χ3n) is 4.97. The van der Waals surface area contributed by atoms with E-state index in [4.69, 9.17) is 21.1 Å². The van der Waals surface area contributed by atoms with Crippen molar-refractivity contribution < 1.29 is 29.0 Å². The predicted molar refractivity (Wildman–Crippen MR) is 95.2 cm³/mol. The molecule has 2 aliphatic heterocycles. The van der Waals surface area contributed by atoms with E-state index in [1.54, 1.807) is 12.1 Å². The third kappa shape index (κ3) is 4.01. The van der Waals surface area contributed by atoms with Gasteiger partial charge in [0.15, 0.2) is 6.61 Å². The number of aryl methyl sites for hydroxylation is 2. The summed E-state index contributed by atoms with van der Waals surface area (Å²) < 4.78 is 10.9. The topological polar surface area (TPSA) is 114 Å². The Labute approximate surface area is 161 Å². The number of carbonyl (C=O) groups is 3. The molecule has 0 unspecified atom stereocenters. The fraction of sp³-hybridized carbons (Fsp3) is 0.500. The van der Waals surface area contributed by atoms with Gasteiger partial charge in [0.2, 0.25) is 5.91 Å². The van der Waals surface area contributed by atoms with Crippen LogP contribution in [0.15, 0.2) is 12.1 Å². The summed E-state index contributed by atoms with van der Waals surface area (Å²) in [5, 5.41) is 9.97. The maximum atomic E-state index is 12.3. The first kappa shape index (κ1) is 19.4. The Balaban J connectivity index is 1.50. The number of carboxylic acid groups (broad SMARTS) is 1. The van der Waals surface area contributed by atoms with Gasteiger partial charge in [0.1, 0.15) is 5.75 Å². The molecule has 1 aromatic carbocycles. The Kier molecular flexibility index (Phi) is 5.57. The number of amides is 2. The highest BCUT2D eigenvalue weighted by atomic mass is 35.5. The molecule has 146 valence electrons. The second kappa shape index (κ2) is 7.74. The van der Waals surface area contributed by atoms with Crippen molar-refractivity contribution in [3.05, 3.63) is 28.3 Å². The minimum Gasteiger partial charge on any atom is -0.484 e. The smallest absolute Gasteiger partial charge is 0.310 e. The van der Waals surface area contributed by atoms with E-state index in [0.717, 1.165) is 11.1 Å². The van der Waals surface area contributed by atoms with Crippen LogP contribution in [-0.2, 0) is 19.1 Å². The average molecular weight is 397 g/mol. The molecule has 0 spiro atoms. The van der Waals surface area contributed by atoms with Crippen molar-refractivity contribution in [2.24, 2.45) is 11.8 Å². The van der Waals surface area contributed by atoms with Crippen molar-refractivity contribution in [3.8, 4) is 5.75 Å². The van der Waals surface area contributed by atoms with Crippen LogP contribution in [0.1, 0.15) is 24.0 Å². The number of carbonyl (C=O) groups excluding carboxylic acids is 2. The summed E-state index contributed by atoms with van der Waals surface area (Å²) in [5.41, 5.74) is 6.19. The fourth-order valence-corrected chi connectivity index (χ4v) is 3.82. The van der Waals surface area contributed by atoms with Crippen LogP contribution in [-0.4, -0.2) is 41.7 Å². The van der Waals surface area contributed by atoms with E-state index in [-0.39, 0.29) is 6.61 Å². The van der Waals surface area contributed by atoms with E-state index in [1.165, 1.54) is 0 Å². The maximum absolute atomic E-state index is 12.3. The first-order valence-corrected chi connectivity index (χ1v) is 9.02. The number of fused-ring (bicyclic) bond motifs is 2. The lowest BCUT2D eigenvalue weighted by molar-refractivity contribution is -0.148. The number of nitrogens with one attached hydrogen (secondary N) is 2. The minimum absolute atomic E-state index is 0.309. The number of rotatable bonds is 5. The monoisotopic (exact) mass is 396 g/mol. The zero-order chi connectivity index (χ0) is 19.7. The molecular formula is C18H21ClN2O6. The maximum Gasteiger partial charge on any atom is 0.310 e. The number of carboxylic acids is 1. The van der Waals surface area contributed by atoms with Crippen LogP contribution in [0.2, 0.25) is 5.02 Å². The summed E-state index contributed by atoms with van der Waals surface area (Å²) in [4.78, 5) is 35.7. The summed E-state index contributed by atoms with van der Waals surface area (Å²) in [6, 6.07) is 3.43. The molecule has 3 N–H and O–H groups in total. The van der Waals surface area contributed by atoms with Gasteiger partial charge in [-0.2, -0.15) is 0 Å². The molecule has 0 aliphatic carbocycles. The SMILES string of the molecule is Cc1cc(OCC(=O)NNC(=O)[C@@H]2[C@@H](C(=O)O)[C@@H]3CC[C@H]2O3)cc(C)c1Cl. The zero-order valence-corrected chi connectivity index (χ0v) is 15.7. The summed E-state index contributed by atoms with van der Waals surface area (Å²) in [6.07, 6.45) is 0.396. The molecule has 1 aromatic rings. The lowest BCUT2D eigenvalue weighted by Gasteiger charge is -2.23. The van der Waals surface area contributed by atoms with Crippen LogP contribution >= 0.6 is 11.6 Å². The molecule has 2 amide bonds. The third-order valence-corrected chi connectivity index (χ3v) is 5.56. The van der Waals surface area contributed by atoms with Crippen LogP contribution in [0.4, 0.5) is 0 Å². The molecule has 27 heavy (non-hydrogen) atoms. The van der Waals surface area contributed by atoms with Crippen LogP contribution in [0.25, 0.3) is 0 Å². The van der Waals surface area contributed by atoms with Crippen molar-refractivity contribution in [3.63, 3.8) is 0 Å². The van der Waals surface area contributed by atoms with Gasteiger partial charge in [-0.3, -0.25) is 25.2 Å². The lowest BCUT2D eigenvalue weighted by Crippen LogP contribution is -2.51. The Morgan fingerprint density at radius 2 is 1.74 bits per heavy atom. The van der Waals surface area contributed by atoms with Crippen LogP contribution in [0, 0.1) is 25.7 Å². The number of hydrazine groups is 1. The first-order valence-electron chi connectivity index (χ1n) is 8.64. The fourth-order valence-electron chi connectivity index (χ4n) is 3.71. The largest absolute Gasteiger partial charge is 0.484 e. The molecule has 2 aliphatic rings. The molecule has 2 bridgehead atoms. The average Bonchev–Trinajstić information content (AvgIpc) is 3.23. The van der Waals surface area contributed by atoms with Gasteiger partial charge in [-0.05, 0) is 49.9 Å². The van der Waals surface area contributed by atoms with Crippen molar-refractivity contribution >= 4 is 29.4 Å². The summed E-state index contributed by atoms with van der Waals surface area (Å²) in [7, 11) is 0. The van der Waals surface area contributed by atoms with E-state index in [1.807, 2.05) is 13.8 Å². The highest BCUT2D eigenvalue weighted by molar-refractivity contribution is 6.32. The first-order chi connectivity index (χ1) is 12.8. The number of benzene rings is 1. The van der Waals surface area contributed by atoms with Gasteiger partial charge in [-0.25, -0.2) is 0 Å². The minimum atomic E-state index is -1.06. The number of ether oxygens (including phenoxy) is 2. The van der Waals surface area contributed by atoms with Gasteiger partial charge in [-0.15, -0.1) is 0 Å². The highest BCUT2D eigenvalue weighted by Gasteiger charge is 2.55. The molecule has 9 heteroatoms. The number of halogens is 1. The molecule has 0 radical (unpaired) electrons. The molecule has 2 saturated heterocycles. The second-order valence-corrected chi connectivity index (χ2v) is 7.26. The van der Waals surface area contributed by atoms with Gasteiger partial charge in [0.25, 0.3) is 5.91 Å².